The smallest absolute Gasteiger partial charge is 0.320 e. The van der Waals surface area contributed by atoms with Crippen molar-refractivity contribution in [2.75, 3.05) is 18.6 Å². The Morgan fingerprint density at radius 1 is 1.53 bits per heavy atom. The van der Waals surface area contributed by atoms with E-state index in [9.17, 15) is 9.59 Å². The normalized spacial score (nSPS) is 10.9. The van der Waals surface area contributed by atoms with Gasteiger partial charge in [-0.3, -0.25) is 9.59 Å². The zero-order chi connectivity index (χ0) is 12.3. The van der Waals surface area contributed by atoms with Gasteiger partial charge in [0.15, 0.2) is 0 Å². The predicted molar refractivity (Wildman–Crippen MR) is 60.9 cm³/mol. The van der Waals surface area contributed by atoms with Gasteiger partial charge in [-0.2, -0.15) is 11.8 Å². The van der Waals surface area contributed by atoms with E-state index >= 15 is 0 Å². The molecule has 0 heterocycles. The van der Waals surface area contributed by atoms with E-state index < -0.39 is 12.0 Å². The third-order valence-corrected chi connectivity index (χ3v) is 1.94. The van der Waals surface area contributed by atoms with Gasteiger partial charge in [0, 0.05) is 6.92 Å². The number of carbonyl (C=O) groups is 2. The minimum atomic E-state index is -0.913. The molecule has 6 heteroatoms. The summed E-state index contributed by atoms with van der Waals surface area (Å²) in [7, 11) is 0. The van der Waals surface area contributed by atoms with E-state index in [2.05, 4.69) is 4.74 Å². The number of thioether (sulfide) groups is 1. The monoisotopic (exact) mass is 237 g/mol. The van der Waals surface area contributed by atoms with E-state index in [1.54, 1.807) is 18.7 Å². The number of hydrogen-bond acceptors (Lipinski definition) is 5. The molecular weight excluding hydrogens is 218 g/mol. The summed E-state index contributed by atoms with van der Waals surface area (Å²) in [6.45, 7) is 3.65. The molecule has 0 rings (SSSR count). The van der Waals surface area contributed by atoms with Crippen molar-refractivity contribution in [2.24, 2.45) is 5.73 Å². The minimum absolute atomic E-state index is 0.211. The van der Waals surface area contributed by atoms with Gasteiger partial charge in [-0.1, -0.05) is 0 Å². The number of aliphatic carboxylic acids is 1. The lowest BCUT2D eigenvalue weighted by Crippen LogP contribution is -2.30. The number of rotatable bonds is 5. The van der Waals surface area contributed by atoms with Gasteiger partial charge in [-0.05, 0) is 25.4 Å². The van der Waals surface area contributed by atoms with E-state index in [1.165, 1.54) is 6.92 Å². The van der Waals surface area contributed by atoms with Crippen LogP contribution in [0.3, 0.4) is 0 Å². The Hall–Kier alpha value is -0.750. The van der Waals surface area contributed by atoms with Gasteiger partial charge in [-0.15, -0.1) is 0 Å². The van der Waals surface area contributed by atoms with Crippen molar-refractivity contribution in [1.29, 1.82) is 0 Å². The molecule has 5 nitrogen and oxygen atoms in total. The molecule has 0 aromatic rings. The second kappa shape index (κ2) is 11.3. The first-order valence-electron chi connectivity index (χ1n) is 4.56. The standard InChI is InChI=1S/C5H11NO2S.C4H8O2/c1-9-3-2-4(6)5(7)8;1-3-6-4(2)5/h4H,2-3,6H2,1H3,(H,7,8);3H2,1-2H3. The molecule has 0 fully saturated rings. The van der Waals surface area contributed by atoms with Crippen LogP contribution < -0.4 is 5.73 Å². The summed E-state index contributed by atoms with van der Waals surface area (Å²) < 4.78 is 4.40. The maximum Gasteiger partial charge on any atom is 0.320 e. The first kappa shape index (κ1) is 16.7. The van der Waals surface area contributed by atoms with Crippen LogP contribution in [0, 0.1) is 0 Å². The third kappa shape index (κ3) is 16.0. The highest BCUT2D eigenvalue weighted by molar-refractivity contribution is 7.98. The van der Waals surface area contributed by atoms with E-state index in [4.69, 9.17) is 10.8 Å². The Kier molecular flexibility index (Phi) is 12.6. The summed E-state index contributed by atoms with van der Waals surface area (Å²) in [6.07, 6.45) is 2.48. The molecule has 0 bridgehead atoms. The number of hydrogen-bond donors (Lipinski definition) is 2. The summed E-state index contributed by atoms with van der Waals surface area (Å²) in [5.41, 5.74) is 5.19. The highest BCUT2D eigenvalue weighted by Gasteiger charge is 2.08. The summed E-state index contributed by atoms with van der Waals surface area (Å²) in [6, 6.07) is -0.683. The van der Waals surface area contributed by atoms with E-state index in [0.29, 0.717) is 13.0 Å². The van der Waals surface area contributed by atoms with Gasteiger partial charge in [0.1, 0.15) is 6.04 Å². The maximum absolute atomic E-state index is 10.1. The molecule has 0 aliphatic carbocycles. The maximum atomic E-state index is 10.1. The lowest BCUT2D eigenvalue weighted by atomic mass is 10.2. The molecule has 0 aliphatic heterocycles. The summed E-state index contributed by atoms with van der Waals surface area (Å²) in [5.74, 6) is -0.311. The van der Waals surface area contributed by atoms with Crippen LogP contribution in [-0.2, 0) is 14.3 Å². The Morgan fingerprint density at radius 3 is 2.27 bits per heavy atom. The van der Waals surface area contributed by atoms with Crippen molar-refractivity contribution in [3.8, 4) is 0 Å². The Balaban J connectivity index is 0. The molecule has 0 radical (unpaired) electrons. The van der Waals surface area contributed by atoms with Crippen molar-refractivity contribution in [3.63, 3.8) is 0 Å². The molecule has 1 unspecified atom stereocenters. The summed E-state index contributed by atoms with van der Waals surface area (Å²) >= 11 is 1.60. The van der Waals surface area contributed by atoms with Crippen LogP contribution in [0.1, 0.15) is 20.3 Å². The largest absolute Gasteiger partial charge is 0.480 e. The second-order valence-corrected chi connectivity index (χ2v) is 3.64. The molecule has 1 atom stereocenters. The Morgan fingerprint density at radius 2 is 2.07 bits per heavy atom. The molecule has 0 aromatic heterocycles. The predicted octanol–water partition coefficient (Wildman–Crippen LogP) is 0.721. The summed E-state index contributed by atoms with van der Waals surface area (Å²) in [4.78, 5) is 19.9. The van der Waals surface area contributed by atoms with Gasteiger partial charge >= 0.3 is 11.9 Å². The van der Waals surface area contributed by atoms with Crippen molar-refractivity contribution < 1.29 is 19.4 Å². The fraction of sp³-hybridized carbons (Fsp3) is 0.778. The lowest BCUT2D eigenvalue weighted by molar-refractivity contribution is -0.140. The van der Waals surface area contributed by atoms with Crippen molar-refractivity contribution >= 4 is 23.7 Å². The number of esters is 1. The lowest BCUT2D eigenvalue weighted by Gasteiger charge is -2.02. The molecule has 0 aliphatic rings. The summed E-state index contributed by atoms with van der Waals surface area (Å²) in [5, 5.41) is 8.27. The van der Waals surface area contributed by atoms with Crippen molar-refractivity contribution in [1.82, 2.24) is 0 Å². The van der Waals surface area contributed by atoms with Gasteiger partial charge in [0.2, 0.25) is 0 Å². The zero-order valence-corrected chi connectivity index (χ0v) is 10.2. The fourth-order valence-electron chi connectivity index (χ4n) is 0.572. The zero-order valence-electron chi connectivity index (χ0n) is 9.36. The molecule has 0 saturated heterocycles. The molecule has 15 heavy (non-hydrogen) atoms. The van der Waals surface area contributed by atoms with E-state index in [1.807, 2.05) is 6.26 Å². The average molecular weight is 237 g/mol. The third-order valence-electron chi connectivity index (χ3n) is 1.30. The van der Waals surface area contributed by atoms with Crippen LogP contribution in [0.4, 0.5) is 0 Å². The van der Waals surface area contributed by atoms with Gasteiger partial charge in [0.25, 0.3) is 0 Å². The van der Waals surface area contributed by atoms with Crippen LogP contribution in [-0.4, -0.2) is 41.7 Å². The molecule has 0 saturated carbocycles. The minimum Gasteiger partial charge on any atom is -0.480 e. The number of nitrogens with two attached hydrogens (primary N) is 1. The van der Waals surface area contributed by atoms with Gasteiger partial charge in [-0.25, -0.2) is 0 Å². The van der Waals surface area contributed by atoms with Gasteiger partial charge < -0.3 is 15.6 Å². The van der Waals surface area contributed by atoms with E-state index in [-0.39, 0.29) is 5.97 Å². The Labute approximate surface area is 94.4 Å². The molecule has 90 valence electrons. The quantitative estimate of drug-likeness (QED) is 0.685. The highest BCUT2D eigenvalue weighted by Crippen LogP contribution is 1.97. The Bertz CT molecular complexity index is 187. The number of carboxylic acids is 1. The van der Waals surface area contributed by atoms with Crippen LogP contribution in [0.5, 0.6) is 0 Å². The second-order valence-electron chi connectivity index (χ2n) is 2.65. The van der Waals surface area contributed by atoms with Crippen LogP contribution in [0.2, 0.25) is 0 Å². The molecular formula is C9H19NO4S. The average Bonchev–Trinajstić information content (AvgIpc) is 2.14. The van der Waals surface area contributed by atoms with Crippen molar-refractivity contribution in [3.05, 3.63) is 0 Å². The van der Waals surface area contributed by atoms with Crippen molar-refractivity contribution in [2.45, 2.75) is 26.3 Å². The number of carbonyl (C=O) groups excluding carboxylic acids is 1. The molecule has 0 amide bonds. The topological polar surface area (TPSA) is 89.6 Å². The SMILES string of the molecule is CCOC(C)=O.CSCCC(N)C(=O)O. The van der Waals surface area contributed by atoms with Gasteiger partial charge in [0.05, 0.1) is 6.61 Å². The van der Waals surface area contributed by atoms with Crippen LogP contribution in [0.25, 0.3) is 0 Å². The van der Waals surface area contributed by atoms with E-state index in [0.717, 1.165) is 5.75 Å². The highest BCUT2D eigenvalue weighted by atomic mass is 32.2. The first-order valence-corrected chi connectivity index (χ1v) is 5.95. The van der Waals surface area contributed by atoms with Crippen LogP contribution in [0.15, 0.2) is 0 Å². The first-order chi connectivity index (χ1) is 6.95. The van der Waals surface area contributed by atoms with Crippen LogP contribution >= 0.6 is 11.8 Å². The number of carboxylic acid groups (broad SMARTS) is 1. The fourth-order valence-corrected chi connectivity index (χ4v) is 1.06. The molecule has 0 aromatic carbocycles. The molecule has 3 N–H and O–H groups in total. The molecule has 0 spiro atoms. The number of ether oxygens (including phenoxy) is 1.